The molecule has 0 bridgehead atoms. The molecule has 0 atom stereocenters. The van der Waals surface area contributed by atoms with Gasteiger partial charge in [-0.3, -0.25) is 0 Å². The van der Waals surface area contributed by atoms with E-state index in [0.29, 0.717) is 11.5 Å². The van der Waals surface area contributed by atoms with Gasteiger partial charge >= 0.3 is 0 Å². The summed E-state index contributed by atoms with van der Waals surface area (Å²) >= 11 is 0. The average Bonchev–Trinajstić information content (AvgIpc) is 2.81. The van der Waals surface area contributed by atoms with Crippen LogP contribution in [-0.2, 0) is 0 Å². The van der Waals surface area contributed by atoms with E-state index in [2.05, 4.69) is 19.1 Å². The van der Waals surface area contributed by atoms with Crippen LogP contribution in [0.15, 0.2) is 24.3 Å². The number of nitriles is 1. The molecule has 3 rings (SSSR count). The highest BCUT2D eigenvalue weighted by atomic mass is 19.1. The fraction of sp³-hybridized carbons (Fsp3) is 0.690. The van der Waals surface area contributed by atoms with E-state index in [1.54, 1.807) is 6.07 Å². The van der Waals surface area contributed by atoms with Gasteiger partial charge < -0.3 is 0 Å². The molecule has 3 heteroatoms. The lowest BCUT2D eigenvalue weighted by Crippen LogP contribution is -2.15. The molecular formula is C29H41F2N. The van der Waals surface area contributed by atoms with Crippen LogP contribution in [0.3, 0.4) is 0 Å². The number of benzene rings is 1. The Morgan fingerprint density at radius 3 is 1.91 bits per heavy atom. The highest BCUT2D eigenvalue weighted by Gasteiger charge is 2.24. The number of rotatable bonds is 10. The monoisotopic (exact) mass is 441 g/mol. The van der Waals surface area contributed by atoms with Gasteiger partial charge in [0.25, 0.3) is 0 Å². The van der Waals surface area contributed by atoms with Gasteiger partial charge in [0, 0.05) is 0 Å². The maximum absolute atomic E-state index is 14.0. The van der Waals surface area contributed by atoms with Crippen LogP contribution in [0.4, 0.5) is 8.78 Å². The molecule has 176 valence electrons. The summed E-state index contributed by atoms with van der Waals surface area (Å²) in [5.41, 5.74) is 0.247. The van der Waals surface area contributed by atoms with Gasteiger partial charge in [0.1, 0.15) is 23.3 Å². The third kappa shape index (κ3) is 7.43. The van der Waals surface area contributed by atoms with Crippen LogP contribution in [-0.4, -0.2) is 0 Å². The zero-order valence-corrected chi connectivity index (χ0v) is 19.9. The van der Waals surface area contributed by atoms with Crippen LogP contribution in [0.2, 0.25) is 0 Å². The Kier molecular flexibility index (Phi) is 10.2. The first-order valence-corrected chi connectivity index (χ1v) is 13.2. The van der Waals surface area contributed by atoms with Gasteiger partial charge in [-0.25, -0.2) is 8.78 Å². The third-order valence-electron chi connectivity index (χ3n) is 7.93. The standard InChI is InChI=1S/C29H41F2N/c1-2-3-4-5-6-7-8-22-9-11-23(12-10-22)13-14-24-15-17-25(18-16-24)26-19-28(30)27(21-32)29(31)20-26/h13-14,19-20,22-25H,2-12,15-18H2,1H3. The first-order valence-electron chi connectivity index (χ1n) is 13.2. The van der Waals surface area contributed by atoms with Crippen molar-refractivity contribution in [2.45, 2.75) is 109 Å². The first-order chi connectivity index (χ1) is 15.6. The van der Waals surface area contributed by atoms with Gasteiger partial charge in [-0.15, -0.1) is 0 Å². The van der Waals surface area contributed by atoms with E-state index in [4.69, 9.17) is 5.26 Å². The summed E-state index contributed by atoms with van der Waals surface area (Å²) in [6, 6.07) is 4.35. The van der Waals surface area contributed by atoms with Crippen molar-refractivity contribution in [1.29, 1.82) is 5.26 Å². The maximum Gasteiger partial charge on any atom is 0.144 e. The topological polar surface area (TPSA) is 23.8 Å². The molecule has 2 aliphatic carbocycles. The van der Waals surface area contributed by atoms with E-state index in [-0.39, 0.29) is 5.92 Å². The van der Waals surface area contributed by atoms with E-state index in [9.17, 15) is 8.78 Å². The van der Waals surface area contributed by atoms with Crippen molar-refractivity contribution in [3.05, 3.63) is 47.0 Å². The fourth-order valence-electron chi connectivity index (χ4n) is 5.78. The molecule has 32 heavy (non-hydrogen) atoms. The molecule has 0 saturated heterocycles. The summed E-state index contributed by atoms with van der Waals surface area (Å²) in [5.74, 6) is 1.05. The minimum absolute atomic E-state index is 0.203. The molecule has 1 aromatic carbocycles. The molecule has 0 aromatic heterocycles. The lowest BCUT2D eigenvalue weighted by molar-refractivity contribution is 0.287. The van der Waals surface area contributed by atoms with Crippen molar-refractivity contribution in [3.8, 4) is 6.07 Å². The molecule has 0 N–H and O–H groups in total. The summed E-state index contributed by atoms with van der Waals surface area (Å²) in [7, 11) is 0. The van der Waals surface area contributed by atoms with Gasteiger partial charge in [-0.2, -0.15) is 5.26 Å². The minimum atomic E-state index is -0.725. The molecular weight excluding hydrogens is 400 g/mol. The number of halogens is 2. The molecule has 2 aliphatic rings. The van der Waals surface area contributed by atoms with Gasteiger partial charge in [0.2, 0.25) is 0 Å². The van der Waals surface area contributed by atoms with Gasteiger partial charge in [0.05, 0.1) is 0 Å². The number of nitrogens with zero attached hydrogens (tertiary/aromatic N) is 1. The van der Waals surface area contributed by atoms with E-state index in [1.165, 1.54) is 82.8 Å². The quantitative estimate of drug-likeness (QED) is 0.262. The first kappa shape index (κ1) is 24.9. The molecule has 0 aliphatic heterocycles. The maximum atomic E-state index is 14.0. The Labute approximate surface area is 194 Å². The lowest BCUT2D eigenvalue weighted by atomic mass is 9.76. The third-order valence-corrected chi connectivity index (χ3v) is 7.93. The molecule has 2 saturated carbocycles. The zero-order valence-electron chi connectivity index (χ0n) is 19.9. The molecule has 0 amide bonds. The molecule has 0 heterocycles. The summed E-state index contributed by atoms with van der Waals surface area (Å²) in [4.78, 5) is 0. The van der Waals surface area contributed by atoms with E-state index >= 15 is 0 Å². The van der Waals surface area contributed by atoms with E-state index in [1.807, 2.05) is 0 Å². The predicted molar refractivity (Wildman–Crippen MR) is 128 cm³/mol. The Morgan fingerprint density at radius 1 is 0.812 bits per heavy atom. The Morgan fingerprint density at radius 2 is 1.34 bits per heavy atom. The highest BCUT2D eigenvalue weighted by molar-refractivity contribution is 5.36. The summed E-state index contributed by atoms with van der Waals surface area (Å²) in [6.07, 6.45) is 24.3. The largest absolute Gasteiger partial charge is 0.205 e. The van der Waals surface area contributed by atoms with E-state index in [0.717, 1.165) is 37.5 Å². The van der Waals surface area contributed by atoms with E-state index < -0.39 is 17.2 Å². The van der Waals surface area contributed by atoms with Gasteiger partial charge in [0.15, 0.2) is 0 Å². The second kappa shape index (κ2) is 13.1. The van der Waals surface area contributed by atoms with Crippen molar-refractivity contribution >= 4 is 0 Å². The van der Waals surface area contributed by atoms with Crippen molar-refractivity contribution in [2.75, 3.05) is 0 Å². The molecule has 1 nitrogen and oxygen atoms in total. The average molecular weight is 442 g/mol. The Hall–Kier alpha value is -1.69. The van der Waals surface area contributed by atoms with Crippen LogP contribution < -0.4 is 0 Å². The number of hydrogen-bond donors (Lipinski definition) is 0. The smallest absolute Gasteiger partial charge is 0.144 e. The fourth-order valence-corrected chi connectivity index (χ4v) is 5.78. The number of hydrogen-bond acceptors (Lipinski definition) is 1. The molecule has 0 unspecified atom stereocenters. The second-order valence-corrected chi connectivity index (χ2v) is 10.3. The predicted octanol–water partition coefficient (Wildman–Crippen LogP) is 9.22. The number of unbranched alkanes of at least 4 members (excludes halogenated alkanes) is 5. The molecule has 1 aromatic rings. The summed E-state index contributed by atoms with van der Waals surface area (Å²) in [5, 5.41) is 8.85. The highest BCUT2D eigenvalue weighted by Crippen LogP contribution is 2.38. The van der Waals surface area contributed by atoms with Crippen molar-refractivity contribution in [3.63, 3.8) is 0 Å². The summed E-state index contributed by atoms with van der Waals surface area (Å²) in [6.45, 7) is 2.28. The zero-order chi connectivity index (χ0) is 22.8. The van der Waals surface area contributed by atoms with Crippen LogP contribution in [0.5, 0.6) is 0 Å². The minimum Gasteiger partial charge on any atom is -0.205 e. The van der Waals surface area contributed by atoms with Crippen LogP contribution in [0.1, 0.15) is 120 Å². The number of allylic oxidation sites excluding steroid dienone is 2. The normalized spacial score (nSPS) is 26.3. The van der Waals surface area contributed by atoms with Crippen molar-refractivity contribution in [1.82, 2.24) is 0 Å². The molecule has 0 spiro atoms. The van der Waals surface area contributed by atoms with Gasteiger partial charge in [-0.05, 0) is 92.7 Å². The van der Waals surface area contributed by atoms with Crippen LogP contribution in [0.25, 0.3) is 0 Å². The van der Waals surface area contributed by atoms with Crippen LogP contribution >= 0.6 is 0 Å². The van der Waals surface area contributed by atoms with Crippen LogP contribution in [0, 0.1) is 40.7 Å². The Bertz CT molecular complexity index is 739. The summed E-state index contributed by atoms with van der Waals surface area (Å²) < 4.78 is 27.9. The molecule has 0 radical (unpaired) electrons. The lowest BCUT2D eigenvalue weighted by Gasteiger charge is -2.29. The van der Waals surface area contributed by atoms with Gasteiger partial charge in [-0.1, -0.05) is 64.0 Å². The second-order valence-electron chi connectivity index (χ2n) is 10.3. The Balaban J connectivity index is 1.35. The molecule has 2 fully saturated rings. The SMILES string of the molecule is CCCCCCCCC1CCC(C=CC2CCC(c3cc(F)c(C#N)c(F)c3)CC2)CC1. The van der Waals surface area contributed by atoms with Crippen molar-refractivity contribution in [2.24, 2.45) is 17.8 Å². The van der Waals surface area contributed by atoms with Crippen molar-refractivity contribution < 1.29 is 8.78 Å².